The van der Waals surface area contributed by atoms with Gasteiger partial charge in [-0.15, -0.1) is 4.83 Å². The number of aryl methyl sites for hydroxylation is 1. The average Bonchev–Trinajstić information content (AvgIpc) is 2.59. The number of benzene rings is 2. The van der Waals surface area contributed by atoms with Crippen molar-refractivity contribution in [2.75, 3.05) is 7.11 Å². The van der Waals surface area contributed by atoms with Crippen LogP contribution in [0.25, 0.3) is 0 Å². The van der Waals surface area contributed by atoms with Crippen molar-refractivity contribution in [3.63, 3.8) is 0 Å². The lowest BCUT2D eigenvalue weighted by atomic mass is 10.1. The summed E-state index contributed by atoms with van der Waals surface area (Å²) in [6, 6.07) is 13.2. The van der Waals surface area contributed by atoms with Crippen molar-refractivity contribution in [3.8, 4) is 0 Å². The second kappa shape index (κ2) is 7.57. The van der Waals surface area contributed by atoms with Gasteiger partial charge in [0.1, 0.15) is 0 Å². The van der Waals surface area contributed by atoms with E-state index in [0.29, 0.717) is 11.1 Å². The van der Waals surface area contributed by atoms with E-state index < -0.39 is 16.0 Å². The molecule has 0 aromatic heterocycles. The molecule has 1 unspecified atom stereocenters. The molecule has 128 valence electrons. The Hall–Kier alpha value is -2.22. The first-order chi connectivity index (χ1) is 11.3. The molecule has 0 radical (unpaired) electrons. The topological polar surface area (TPSA) is 84.5 Å². The van der Waals surface area contributed by atoms with Crippen LogP contribution in [0, 0.1) is 6.92 Å². The summed E-state index contributed by atoms with van der Waals surface area (Å²) in [5.74, 6) is -0.414. The minimum atomic E-state index is -3.65. The summed E-state index contributed by atoms with van der Waals surface area (Å²) in [7, 11) is -2.33. The molecule has 0 bridgehead atoms. The van der Waals surface area contributed by atoms with Gasteiger partial charge in [-0.3, -0.25) is 0 Å². The molecule has 0 spiro atoms. The second-order valence-electron chi connectivity index (χ2n) is 5.35. The number of rotatable bonds is 6. The van der Waals surface area contributed by atoms with Crippen molar-refractivity contribution in [2.45, 2.75) is 24.8 Å². The SMILES string of the molecule is COC(=O)c1ccc(C(C)NNS(=O)(=O)c2ccccc2C)cc1. The Balaban J connectivity index is 2.06. The molecule has 2 rings (SSSR count). The fraction of sp³-hybridized carbons (Fsp3) is 0.235. The van der Waals surface area contributed by atoms with E-state index in [4.69, 9.17) is 0 Å². The molecule has 7 heteroatoms. The Bertz CT molecular complexity index is 817. The number of sulfonamides is 1. The minimum absolute atomic E-state index is 0.228. The number of carbonyl (C=O) groups is 1. The highest BCUT2D eigenvalue weighted by molar-refractivity contribution is 7.89. The lowest BCUT2D eigenvalue weighted by Gasteiger charge is -2.16. The number of carbonyl (C=O) groups excluding carboxylic acids is 1. The third-order valence-corrected chi connectivity index (χ3v) is 5.05. The number of hydrogen-bond donors (Lipinski definition) is 2. The lowest BCUT2D eigenvalue weighted by Crippen LogP contribution is -2.39. The van der Waals surface area contributed by atoms with E-state index in [9.17, 15) is 13.2 Å². The van der Waals surface area contributed by atoms with Crippen molar-refractivity contribution in [1.82, 2.24) is 10.3 Å². The van der Waals surface area contributed by atoms with Crippen LogP contribution in [0.4, 0.5) is 0 Å². The zero-order valence-corrected chi connectivity index (χ0v) is 14.6. The van der Waals surface area contributed by atoms with Gasteiger partial charge in [0.25, 0.3) is 10.0 Å². The molecule has 24 heavy (non-hydrogen) atoms. The van der Waals surface area contributed by atoms with Crippen molar-refractivity contribution in [1.29, 1.82) is 0 Å². The zero-order chi connectivity index (χ0) is 17.7. The van der Waals surface area contributed by atoms with E-state index >= 15 is 0 Å². The van der Waals surface area contributed by atoms with Crippen LogP contribution >= 0.6 is 0 Å². The number of hydrazine groups is 1. The molecule has 2 N–H and O–H groups in total. The Labute approximate surface area is 141 Å². The maximum atomic E-state index is 12.3. The summed E-state index contributed by atoms with van der Waals surface area (Å²) < 4.78 is 29.3. The standard InChI is InChI=1S/C17H20N2O4S/c1-12-6-4-5-7-16(12)24(21,22)19-18-13(2)14-8-10-15(11-9-14)17(20)23-3/h4-11,13,18-19H,1-3H3. The number of methoxy groups -OCH3 is 1. The van der Waals surface area contributed by atoms with E-state index in [-0.39, 0.29) is 10.9 Å². The largest absolute Gasteiger partial charge is 0.465 e. The van der Waals surface area contributed by atoms with Crippen LogP contribution in [0.15, 0.2) is 53.4 Å². The van der Waals surface area contributed by atoms with Crippen molar-refractivity contribution in [3.05, 3.63) is 65.2 Å². The Kier molecular flexibility index (Phi) is 5.71. The molecule has 6 nitrogen and oxygen atoms in total. The molecule has 2 aromatic carbocycles. The monoisotopic (exact) mass is 348 g/mol. The van der Waals surface area contributed by atoms with Gasteiger partial charge in [0, 0.05) is 6.04 Å². The lowest BCUT2D eigenvalue weighted by molar-refractivity contribution is 0.0600. The molecule has 1 atom stereocenters. The summed E-state index contributed by atoms with van der Waals surface area (Å²) in [6.45, 7) is 3.55. The third kappa shape index (κ3) is 4.19. The normalized spacial score (nSPS) is 12.6. The summed E-state index contributed by atoms with van der Waals surface area (Å²) in [6.07, 6.45) is 0. The fourth-order valence-electron chi connectivity index (χ4n) is 2.19. The molecule has 0 saturated carbocycles. The second-order valence-corrected chi connectivity index (χ2v) is 7.00. The summed E-state index contributed by atoms with van der Waals surface area (Å²) in [4.78, 5) is 14.0. The van der Waals surface area contributed by atoms with Gasteiger partial charge in [-0.1, -0.05) is 30.3 Å². The van der Waals surface area contributed by atoms with Crippen molar-refractivity contribution in [2.24, 2.45) is 0 Å². The van der Waals surface area contributed by atoms with Crippen LogP contribution in [-0.2, 0) is 14.8 Å². The summed E-state index contributed by atoms with van der Waals surface area (Å²) in [5, 5.41) is 0. The molecule has 0 heterocycles. The molecule has 0 aliphatic heterocycles. The van der Waals surface area contributed by atoms with Gasteiger partial charge in [0.05, 0.1) is 17.6 Å². The maximum absolute atomic E-state index is 12.3. The van der Waals surface area contributed by atoms with Crippen LogP contribution in [0.3, 0.4) is 0 Å². The number of esters is 1. The smallest absolute Gasteiger partial charge is 0.337 e. The molecule has 0 aliphatic carbocycles. The van der Waals surface area contributed by atoms with Gasteiger partial charge in [-0.25, -0.2) is 18.6 Å². The van der Waals surface area contributed by atoms with Gasteiger partial charge in [0.15, 0.2) is 0 Å². The first-order valence-electron chi connectivity index (χ1n) is 7.36. The van der Waals surface area contributed by atoms with Gasteiger partial charge in [0.2, 0.25) is 0 Å². The molecule has 2 aromatic rings. The van der Waals surface area contributed by atoms with Crippen LogP contribution in [0.5, 0.6) is 0 Å². The quantitative estimate of drug-likeness (QED) is 0.618. The third-order valence-electron chi connectivity index (χ3n) is 3.62. The zero-order valence-electron chi connectivity index (χ0n) is 13.7. The molecule has 0 fully saturated rings. The highest BCUT2D eigenvalue weighted by Gasteiger charge is 2.17. The van der Waals surface area contributed by atoms with E-state index in [0.717, 1.165) is 5.56 Å². The predicted molar refractivity (Wildman–Crippen MR) is 90.8 cm³/mol. The molecule has 0 saturated heterocycles. The van der Waals surface area contributed by atoms with E-state index in [2.05, 4.69) is 15.0 Å². The summed E-state index contributed by atoms with van der Waals surface area (Å²) in [5.41, 5.74) is 4.71. The Morgan fingerprint density at radius 3 is 2.29 bits per heavy atom. The Morgan fingerprint density at radius 1 is 1.08 bits per heavy atom. The number of ether oxygens (including phenoxy) is 1. The highest BCUT2D eigenvalue weighted by Crippen LogP contribution is 2.16. The van der Waals surface area contributed by atoms with Gasteiger partial charge in [-0.05, 0) is 43.2 Å². The van der Waals surface area contributed by atoms with Gasteiger partial charge >= 0.3 is 5.97 Å². The molecular weight excluding hydrogens is 328 g/mol. The van der Waals surface area contributed by atoms with Crippen LogP contribution in [-0.4, -0.2) is 21.5 Å². The molecule has 0 amide bonds. The number of hydrogen-bond acceptors (Lipinski definition) is 5. The molecule has 0 aliphatic rings. The first kappa shape index (κ1) is 18.1. The average molecular weight is 348 g/mol. The minimum Gasteiger partial charge on any atom is -0.465 e. The highest BCUT2D eigenvalue weighted by atomic mass is 32.2. The van der Waals surface area contributed by atoms with E-state index in [1.807, 2.05) is 6.92 Å². The van der Waals surface area contributed by atoms with Crippen LogP contribution in [0.2, 0.25) is 0 Å². The predicted octanol–water partition coefficient (Wildman–Crippen LogP) is 2.33. The molecular formula is C17H20N2O4S. The first-order valence-corrected chi connectivity index (χ1v) is 8.84. The Morgan fingerprint density at radius 2 is 1.71 bits per heavy atom. The number of nitrogens with one attached hydrogen (secondary N) is 2. The van der Waals surface area contributed by atoms with E-state index in [1.165, 1.54) is 7.11 Å². The summed E-state index contributed by atoms with van der Waals surface area (Å²) >= 11 is 0. The fourth-order valence-corrected chi connectivity index (χ4v) is 3.38. The van der Waals surface area contributed by atoms with Crippen LogP contribution in [0.1, 0.15) is 34.5 Å². The van der Waals surface area contributed by atoms with Crippen molar-refractivity contribution >= 4 is 16.0 Å². The maximum Gasteiger partial charge on any atom is 0.337 e. The van der Waals surface area contributed by atoms with E-state index in [1.54, 1.807) is 55.5 Å². The van der Waals surface area contributed by atoms with Gasteiger partial charge < -0.3 is 4.74 Å². The van der Waals surface area contributed by atoms with Gasteiger partial charge in [-0.2, -0.15) is 0 Å². The van der Waals surface area contributed by atoms with Crippen molar-refractivity contribution < 1.29 is 17.9 Å². The van der Waals surface area contributed by atoms with Crippen LogP contribution < -0.4 is 10.3 Å².